The van der Waals surface area contributed by atoms with Crippen molar-refractivity contribution in [3.63, 3.8) is 0 Å². The molecule has 2 nitrogen and oxygen atoms in total. The second-order valence-corrected chi connectivity index (χ2v) is 2.30. The summed E-state index contributed by atoms with van der Waals surface area (Å²) in [7, 11) is 0. The summed E-state index contributed by atoms with van der Waals surface area (Å²) < 4.78 is 0. The molecule has 38 valence electrons. The minimum absolute atomic E-state index is 0.274. The fourth-order valence-corrected chi connectivity index (χ4v) is 1.18. The Kier molecular flexibility index (Phi) is 0.412. The Balaban J connectivity index is 2.11. The van der Waals surface area contributed by atoms with E-state index in [4.69, 9.17) is 0 Å². The Hall–Kier alpha value is -0.530. The predicted molar refractivity (Wildman–Crippen MR) is 24.7 cm³/mol. The van der Waals surface area contributed by atoms with Crippen LogP contribution in [-0.4, -0.2) is 11.9 Å². The summed E-state index contributed by atoms with van der Waals surface area (Å²) in [5.41, 5.74) is 0. The quantitative estimate of drug-likeness (QED) is 0.420. The molecule has 0 radical (unpaired) electrons. The highest BCUT2D eigenvalue weighted by Crippen LogP contribution is 2.34. The third-order valence-electron chi connectivity index (χ3n) is 1.94. The summed E-state index contributed by atoms with van der Waals surface area (Å²) in [4.78, 5) is 10.4. The molecular formula is C5H7NO. The lowest BCUT2D eigenvalue weighted by Gasteiger charge is -2.45. The Morgan fingerprint density at radius 1 is 1.57 bits per heavy atom. The molecule has 0 unspecified atom stereocenters. The average molecular weight is 97.1 g/mol. The summed E-state index contributed by atoms with van der Waals surface area (Å²) in [6, 6.07) is 0.590. The van der Waals surface area contributed by atoms with Crippen LogP contribution in [0.4, 0.5) is 0 Å². The SMILES string of the molecule is O=C1N[C@@H]2CC[C@H]12. The predicted octanol–water partition coefficient (Wildman–Crippen LogP) is -0.105. The summed E-state index contributed by atoms with van der Waals surface area (Å²) in [6.07, 6.45) is 2.35. The van der Waals surface area contributed by atoms with E-state index in [0.717, 1.165) is 6.42 Å². The van der Waals surface area contributed by atoms with E-state index in [9.17, 15) is 4.79 Å². The maximum Gasteiger partial charge on any atom is 0.225 e. The first kappa shape index (κ1) is 3.47. The zero-order chi connectivity index (χ0) is 4.85. The highest BCUT2D eigenvalue weighted by molar-refractivity contribution is 5.87. The lowest BCUT2D eigenvalue weighted by molar-refractivity contribution is -0.141. The van der Waals surface area contributed by atoms with Crippen LogP contribution in [-0.2, 0) is 4.79 Å². The lowest BCUT2D eigenvalue weighted by Crippen LogP contribution is -2.63. The van der Waals surface area contributed by atoms with Crippen molar-refractivity contribution >= 4 is 5.91 Å². The van der Waals surface area contributed by atoms with Crippen LogP contribution in [0, 0.1) is 5.92 Å². The molecule has 0 bridgehead atoms. The van der Waals surface area contributed by atoms with E-state index in [1.54, 1.807) is 0 Å². The van der Waals surface area contributed by atoms with E-state index < -0.39 is 0 Å². The number of β-lactam (4-membered cyclic amide) rings is 1. The van der Waals surface area contributed by atoms with Gasteiger partial charge in [-0.3, -0.25) is 4.79 Å². The van der Waals surface area contributed by atoms with Gasteiger partial charge in [-0.15, -0.1) is 0 Å². The van der Waals surface area contributed by atoms with E-state index in [0.29, 0.717) is 12.0 Å². The van der Waals surface area contributed by atoms with E-state index in [2.05, 4.69) is 5.32 Å². The highest BCUT2D eigenvalue weighted by atomic mass is 16.2. The van der Waals surface area contributed by atoms with Crippen molar-refractivity contribution in [1.82, 2.24) is 5.32 Å². The number of nitrogens with one attached hydrogen (secondary N) is 1. The van der Waals surface area contributed by atoms with Crippen LogP contribution >= 0.6 is 0 Å². The van der Waals surface area contributed by atoms with Gasteiger partial charge in [0.15, 0.2) is 0 Å². The van der Waals surface area contributed by atoms with Crippen LogP contribution in [0.5, 0.6) is 0 Å². The van der Waals surface area contributed by atoms with E-state index in [1.165, 1.54) is 6.42 Å². The van der Waals surface area contributed by atoms with Gasteiger partial charge in [0.05, 0.1) is 5.92 Å². The van der Waals surface area contributed by atoms with Gasteiger partial charge in [0.2, 0.25) is 5.91 Å². The molecule has 7 heavy (non-hydrogen) atoms. The Bertz CT molecular complexity index is 121. The van der Waals surface area contributed by atoms with Gasteiger partial charge in [-0.1, -0.05) is 0 Å². The molecule has 1 saturated heterocycles. The van der Waals surface area contributed by atoms with Gasteiger partial charge in [0.1, 0.15) is 0 Å². The average Bonchev–Trinajstić information content (AvgIpc) is 1.59. The monoisotopic (exact) mass is 97.1 g/mol. The largest absolute Gasteiger partial charge is 0.352 e. The zero-order valence-electron chi connectivity index (χ0n) is 3.98. The molecule has 0 aromatic heterocycles. The molecular weight excluding hydrogens is 90.1 g/mol. The standard InChI is InChI=1S/C5H7NO/c7-5-3-1-2-4(3)6-5/h3-4H,1-2H2,(H,6,7)/t3-,4+/m0/s1. The Morgan fingerprint density at radius 3 is 2.43 bits per heavy atom. The van der Waals surface area contributed by atoms with Crippen LogP contribution in [0.25, 0.3) is 0 Å². The highest BCUT2D eigenvalue weighted by Gasteiger charge is 2.45. The van der Waals surface area contributed by atoms with Crippen LogP contribution in [0.2, 0.25) is 0 Å². The van der Waals surface area contributed by atoms with Crippen molar-refractivity contribution in [1.29, 1.82) is 0 Å². The molecule has 1 N–H and O–H groups in total. The molecule has 1 saturated carbocycles. The van der Waals surface area contributed by atoms with E-state index in [-0.39, 0.29) is 5.91 Å². The van der Waals surface area contributed by atoms with Crippen molar-refractivity contribution in [2.24, 2.45) is 5.92 Å². The number of fused-ring (bicyclic) bond motifs is 1. The number of amides is 1. The van der Waals surface area contributed by atoms with Crippen molar-refractivity contribution < 1.29 is 4.79 Å². The van der Waals surface area contributed by atoms with Gasteiger partial charge in [-0.2, -0.15) is 0 Å². The van der Waals surface area contributed by atoms with Crippen LogP contribution in [0.1, 0.15) is 12.8 Å². The molecule has 1 aliphatic heterocycles. The summed E-state index contributed by atoms with van der Waals surface area (Å²) in [5.74, 6) is 0.705. The molecule has 2 heteroatoms. The van der Waals surface area contributed by atoms with Gasteiger partial charge < -0.3 is 5.32 Å². The van der Waals surface area contributed by atoms with Gasteiger partial charge >= 0.3 is 0 Å². The number of carbonyl (C=O) groups excluding carboxylic acids is 1. The molecule has 1 aliphatic carbocycles. The van der Waals surface area contributed by atoms with Gasteiger partial charge in [-0.25, -0.2) is 0 Å². The number of rotatable bonds is 0. The van der Waals surface area contributed by atoms with E-state index in [1.807, 2.05) is 0 Å². The van der Waals surface area contributed by atoms with Crippen molar-refractivity contribution in [3.05, 3.63) is 0 Å². The summed E-state index contributed by atoms with van der Waals surface area (Å²) in [6.45, 7) is 0. The third-order valence-corrected chi connectivity index (χ3v) is 1.94. The molecule has 2 aliphatic rings. The molecule has 1 heterocycles. The number of carbonyl (C=O) groups is 1. The fourth-order valence-electron chi connectivity index (χ4n) is 1.18. The van der Waals surface area contributed by atoms with E-state index >= 15 is 0 Å². The topological polar surface area (TPSA) is 29.1 Å². The second-order valence-electron chi connectivity index (χ2n) is 2.30. The summed E-state index contributed by atoms with van der Waals surface area (Å²) in [5, 5.41) is 2.80. The Labute approximate surface area is 41.9 Å². The van der Waals surface area contributed by atoms with Crippen molar-refractivity contribution in [3.8, 4) is 0 Å². The molecule has 1 amide bonds. The molecule has 2 rings (SSSR count). The fraction of sp³-hybridized carbons (Fsp3) is 0.800. The summed E-state index contributed by atoms with van der Waals surface area (Å²) >= 11 is 0. The van der Waals surface area contributed by atoms with Crippen LogP contribution < -0.4 is 5.32 Å². The van der Waals surface area contributed by atoms with Gasteiger partial charge in [0, 0.05) is 6.04 Å². The molecule has 2 atom stereocenters. The van der Waals surface area contributed by atoms with Crippen molar-refractivity contribution in [2.45, 2.75) is 18.9 Å². The Morgan fingerprint density at radius 2 is 2.43 bits per heavy atom. The molecule has 0 aromatic rings. The maximum atomic E-state index is 10.4. The van der Waals surface area contributed by atoms with Gasteiger partial charge in [0.25, 0.3) is 0 Å². The van der Waals surface area contributed by atoms with Crippen LogP contribution in [0.3, 0.4) is 0 Å². The smallest absolute Gasteiger partial charge is 0.225 e. The van der Waals surface area contributed by atoms with Crippen molar-refractivity contribution in [2.75, 3.05) is 0 Å². The van der Waals surface area contributed by atoms with Crippen LogP contribution in [0.15, 0.2) is 0 Å². The first-order valence-corrected chi connectivity index (χ1v) is 2.68. The first-order chi connectivity index (χ1) is 3.38. The minimum atomic E-state index is 0.274. The number of hydrogen-bond acceptors (Lipinski definition) is 1. The zero-order valence-corrected chi connectivity index (χ0v) is 3.98. The maximum absolute atomic E-state index is 10.4. The minimum Gasteiger partial charge on any atom is -0.352 e. The number of piperidine rings is 1. The first-order valence-electron chi connectivity index (χ1n) is 2.68. The second kappa shape index (κ2) is 0.831. The third kappa shape index (κ3) is 0.243. The number of hydrogen-bond donors (Lipinski definition) is 1. The normalized spacial score (nSPS) is 45.4. The molecule has 0 aromatic carbocycles. The lowest BCUT2D eigenvalue weighted by atomic mass is 9.73. The molecule has 2 fully saturated rings. The molecule has 0 spiro atoms. The van der Waals surface area contributed by atoms with Gasteiger partial charge in [-0.05, 0) is 12.8 Å².